The van der Waals surface area contributed by atoms with Crippen molar-refractivity contribution in [3.05, 3.63) is 68.3 Å². The highest BCUT2D eigenvalue weighted by Crippen LogP contribution is 2.44. The third-order valence-electron chi connectivity index (χ3n) is 3.37. The number of quaternary nitrogens is 1. The van der Waals surface area contributed by atoms with Gasteiger partial charge in [0.15, 0.2) is 5.69 Å². The summed E-state index contributed by atoms with van der Waals surface area (Å²) in [4.78, 5) is 26.8. The first-order valence-electron chi connectivity index (χ1n) is 7.75. The Hall–Kier alpha value is -1.97. The van der Waals surface area contributed by atoms with Gasteiger partial charge in [-0.2, -0.15) is 0 Å². The van der Waals surface area contributed by atoms with Gasteiger partial charge < -0.3 is 0 Å². The quantitative estimate of drug-likeness (QED) is 0.171. The van der Waals surface area contributed by atoms with Gasteiger partial charge in [0.25, 0.3) is 0 Å². The summed E-state index contributed by atoms with van der Waals surface area (Å²) in [6.07, 6.45) is -1.15. The van der Waals surface area contributed by atoms with E-state index in [1.807, 2.05) is 0 Å². The van der Waals surface area contributed by atoms with Gasteiger partial charge in [-0.05, 0) is 4.48 Å². The second-order valence-electron chi connectivity index (χ2n) is 5.16. The number of imide groups is 1. The number of nitrogens with zero attached hydrogens (tertiary/aromatic N) is 2. The van der Waals surface area contributed by atoms with Crippen molar-refractivity contribution in [1.82, 2.24) is 9.38 Å². The minimum Gasteiger partial charge on any atom is -0.284 e. The second kappa shape index (κ2) is 10.4. The maximum Gasteiger partial charge on any atom is 0.583 e. The molecule has 0 aliphatic heterocycles. The third-order valence-corrected chi connectivity index (χ3v) is 5.47. The molecular weight excluding hydrogens is 397 g/mol. The van der Waals surface area contributed by atoms with Crippen LogP contribution in [-0.2, 0) is 0 Å². The van der Waals surface area contributed by atoms with E-state index in [2.05, 4.69) is 19.7 Å². The standard InChI is InChI=1S/C18H20F3N2O2S2/c1-4-12-22(13-5-2)16(24)23(18(19,20)21,15-10-8-7-9-11-15)17(25)27-26-14-6-3/h4-11H,1-3,12-14H2/q+1. The van der Waals surface area contributed by atoms with Crippen LogP contribution in [0, 0.1) is 0 Å². The van der Waals surface area contributed by atoms with E-state index in [0.29, 0.717) is 10.8 Å². The fourth-order valence-electron chi connectivity index (χ4n) is 2.25. The van der Waals surface area contributed by atoms with Gasteiger partial charge in [0.05, 0.1) is 0 Å². The SMILES string of the molecule is C=CCSSC(=O)[N+](C(=O)N(CC=C)CC=C)(c1ccccc1)C(F)(F)F. The van der Waals surface area contributed by atoms with Gasteiger partial charge in [-0.3, -0.25) is 4.90 Å². The second-order valence-corrected chi connectivity index (χ2v) is 7.45. The Balaban J connectivity index is 3.62. The monoisotopic (exact) mass is 417 g/mol. The average Bonchev–Trinajstić information content (AvgIpc) is 2.62. The minimum absolute atomic E-state index is 0.161. The fourth-order valence-corrected chi connectivity index (χ4v) is 4.04. The number of rotatable bonds is 8. The molecule has 0 saturated carbocycles. The molecule has 1 aromatic rings. The van der Waals surface area contributed by atoms with E-state index in [9.17, 15) is 22.8 Å². The van der Waals surface area contributed by atoms with E-state index in [1.165, 1.54) is 36.4 Å². The number of urea groups is 1. The molecule has 0 bridgehead atoms. The van der Waals surface area contributed by atoms with E-state index >= 15 is 0 Å². The third kappa shape index (κ3) is 5.06. The van der Waals surface area contributed by atoms with Crippen LogP contribution in [0.2, 0.25) is 0 Å². The molecule has 3 amide bonds. The molecule has 1 atom stereocenters. The van der Waals surface area contributed by atoms with Crippen molar-refractivity contribution < 1.29 is 22.8 Å². The molecule has 0 heterocycles. The summed E-state index contributed by atoms with van der Waals surface area (Å²) < 4.78 is 40.5. The molecule has 1 rings (SSSR count). The smallest absolute Gasteiger partial charge is 0.284 e. The van der Waals surface area contributed by atoms with E-state index in [-0.39, 0.29) is 18.8 Å². The molecule has 1 unspecified atom stereocenters. The summed E-state index contributed by atoms with van der Waals surface area (Å²) in [6.45, 7) is 10.1. The number of para-hydroxylation sites is 1. The highest BCUT2D eigenvalue weighted by molar-refractivity contribution is 8.82. The van der Waals surface area contributed by atoms with Gasteiger partial charge >= 0.3 is 17.6 Å². The molecule has 0 aromatic heterocycles. The summed E-state index contributed by atoms with van der Waals surface area (Å²) in [5.41, 5.74) is -0.482. The molecular formula is C18H20F3N2O2S2+. The lowest BCUT2D eigenvalue weighted by Crippen LogP contribution is -2.69. The Labute approximate surface area is 164 Å². The van der Waals surface area contributed by atoms with Gasteiger partial charge in [0.2, 0.25) is 0 Å². The molecule has 0 aliphatic carbocycles. The summed E-state index contributed by atoms with van der Waals surface area (Å²) >= 11 is 0. The van der Waals surface area contributed by atoms with E-state index in [1.54, 1.807) is 0 Å². The van der Waals surface area contributed by atoms with Gasteiger partial charge in [-0.15, -0.1) is 32.9 Å². The highest BCUT2D eigenvalue weighted by Gasteiger charge is 2.69. The van der Waals surface area contributed by atoms with Crippen molar-refractivity contribution in [3.63, 3.8) is 0 Å². The Morgan fingerprint density at radius 2 is 1.59 bits per heavy atom. The van der Waals surface area contributed by atoms with Crippen molar-refractivity contribution in [2.24, 2.45) is 0 Å². The first-order valence-corrected chi connectivity index (χ1v) is 10.1. The Morgan fingerprint density at radius 1 is 1.04 bits per heavy atom. The lowest BCUT2D eigenvalue weighted by molar-refractivity contribution is -0.199. The number of carbonyl (C=O) groups is 2. The predicted molar refractivity (Wildman–Crippen MR) is 107 cm³/mol. The van der Waals surface area contributed by atoms with Crippen molar-refractivity contribution in [2.45, 2.75) is 6.30 Å². The summed E-state index contributed by atoms with van der Waals surface area (Å²) in [7, 11) is 1.25. The first kappa shape index (κ1) is 23.1. The number of hydrogen-bond acceptors (Lipinski definition) is 4. The molecule has 0 fully saturated rings. The largest absolute Gasteiger partial charge is 0.583 e. The van der Waals surface area contributed by atoms with Gasteiger partial charge in [0, 0.05) is 41.8 Å². The summed E-state index contributed by atoms with van der Waals surface area (Å²) in [5, 5.41) is -1.36. The van der Waals surface area contributed by atoms with Crippen LogP contribution >= 0.6 is 21.6 Å². The maximum atomic E-state index is 14.3. The van der Waals surface area contributed by atoms with Crippen LogP contribution in [-0.4, -0.2) is 41.3 Å². The van der Waals surface area contributed by atoms with Crippen LogP contribution in [0.4, 0.5) is 28.4 Å². The summed E-state index contributed by atoms with van der Waals surface area (Å²) in [5.74, 6) is 0.250. The van der Waals surface area contributed by atoms with E-state index in [4.69, 9.17) is 0 Å². The molecule has 146 valence electrons. The van der Waals surface area contributed by atoms with Crippen LogP contribution in [0.5, 0.6) is 0 Å². The molecule has 9 heteroatoms. The van der Waals surface area contributed by atoms with Gasteiger partial charge in [-0.25, -0.2) is 9.59 Å². The topological polar surface area (TPSA) is 37.4 Å². The lowest BCUT2D eigenvalue weighted by Gasteiger charge is -2.35. The fraction of sp³-hybridized carbons (Fsp3) is 0.222. The van der Waals surface area contributed by atoms with Crippen LogP contribution < -0.4 is 4.48 Å². The molecule has 0 radical (unpaired) electrons. The number of halogens is 3. The zero-order valence-electron chi connectivity index (χ0n) is 14.5. The highest BCUT2D eigenvalue weighted by atomic mass is 33.1. The first-order chi connectivity index (χ1) is 12.8. The van der Waals surface area contributed by atoms with Crippen LogP contribution in [0.3, 0.4) is 0 Å². The van der Waals surface area contributed by atoms with E-state index in [0.717, 1.165) is 27.8 Å². The van der Waals surface area contributed by atoms with Gasteiger partial charge in [0.1, 0.15) is 0 Å². The van der Waals surface area contributed by atoms with E-state index < -0.39 is 27.7 Å². The zero-order valence-corrected chi connectivity index (χ0v) is 16.2. The van der Waals surface area contributed by atoms with Crippen LogP contribution in [0.15, 0.2) is 68.3 Å². The Morgan fingerprint density at radius 3 is 2.04 bits per heavy atom. The molecule has 1 aromatic carbocycles. The van der Waals surface area contributed by atoms with Gasteiger partial charge in [-0.1, -0.05) is 47.2 Å². The number of amides is 3. The molecule has 0 aliphatic rings. The zero-order chi connectivity index (χ0) is 20.5. The average molecular weight is 417 g/mol. The van der Waals surface area contributed by atoms with Crippen LogP contribution in [0.1, 0.15) is 0 Å². The molecule has 27 heavy (non-hydrogen) atoms. The molecule has 0 spiro atoms. The van der Waals surface area contributed by atoms with Crippen molar-refractivity contribution in [1.29, 1.82) is 0 Å². The van der Waals surface area contributed by atoms with Crippen molar-refractivity contribution in [3.8, 4) is 0 Å². The molecule has 0 N–H and O–H groups in total. The van der Waals surface area contributed by atoms with Crippen molar-refractivity contribution >= 4 is 38.5 Å². The van der Waals surface area contributed by atoms with Crippen molar-refractivity contribution in [2.75, 3.05) is 18.8 Å². The Kier molecular flexibility index (Phi) is 8.87. The molecule has 0 saturated heterocycles. The minimum atomic E-state index is -5.20. The predicted octanol–water partition coefficient (Wildman–Crippen LogP) is 6.00. The number of alkyl halides is 3. The normalized spacial score (nSPS) is 13.3. The number of benzene rings is 1. The Bertz CT molecular complexity index is 686. The summed E-state index contributed by atoms with van der Waals surface area (Å²) in [6, 6.07) is 5.02. The lowest BCUT2D eigenvalue weighted by atomic mass is 10.2. The van der Waals surface area contributed by atoms with Crippen LogP contribution in [0.25, 0.3) is 0 Å². The number of hydrogen-bond donors (Lipinski definition) is 0. The molecule has 4 nitrogen and oxygen atoms in total. The number of carbonyl (C=O) groups excluding carboxylic acids is 2. The maximum absolute atomic E-state index is 14.3.